The number of benzene rings is 2. The summed E-state index contributed by atoms with van der Waals surface area (Å²) in [7, 11) is 0. The van der Waals surface area contributed by atoms with E-state index in [2.05, 4.69) is 5.32 Å². The minimum atomic E-state index is -4.46. The Kier molecular flexibility index (Phi) is 5.27. The first kappa shape index (κ1) is 20.3. The quantitative estimate of drug-likeness (QED) is 0.447. The summed E-state index contributed by atoms with van der Waals surface area (Å²) in [5, 5.41) is 11.5. The second-order valence-corrected chi connectivity index (χ2v) is 6.21. The number of hydrogen-bond donors (Lipinski definition) is 2. The van der Waals surface area contributed by atoms with Crippen molar-refractivity contribution in [1.29, 1.82) is 0 Å². The van der Waals surface area contributed by atoms with E-state index >= 15 is 0 Å². The predicted octanol–water partition coefficient (Wildman–Crippen LogP) is 3.60. The van der Waals surface area contributed by atoms with Crippen molar-refractivity contribution in [2.45, 2.75) is 12.6 Å². The van der Waals surface area contributed by atoms with Crippen LogP contribution in [0.25, 0.3) is 0 Å². The van der Waals surface area contributed by atoms with Gasteiger partial charge >= 0.3 is 6.18 Å². The monoisotopic (exact) mass is 412 g/mol. The van der Waals surface area contributed by atoms with E-state index < -0.39 is 40.9 Å². The number of nitrogens with zero attached hydrogens (tertiary/aromatic N) is 1. The summed E-state index contributed by atoms with van der Waals surface area (Å²) in [6.07, 6.45) is -3.39. The highest BCUT2D eigenvalue weighted by molar-refractivity contribution is 6.17. The zero-order valence-electron chi connectivity index (χ0n) is 14.6. The Morgan fingerprint density at radius 2 is 1.59 bits per heavy atom. The average molecular weight is 412 g/mol. The highest BCUT2D eigenvalue weighted by atomic mass is 19.4. The maximum Gasteiger partial charge on any atom is 0.416 e. The molecule has 2 amide bonds. The van der Waals surface area contributed by atoms with E-state index in [0.29, 0.717) is 5.56 Å². The van der Waals surface area contributed by atoms with E-state index in [9.17, 15) is 31.5 Å². The SMILES string of the molecule is O=C1C=C(Nc2cc(F)c(O)c(F)c2)C(=O)N1CCc1ccc(C(F)(F)F)cc1. The van der Waals surface area contributed by atoms with E-state index in [-0.39, 0.29) is 24.4 Å². The number of carbonyl (C=O) groups is 2. The molecule has 0 radical (unpaired) electrons. The Morgan fingerprint density at radius 1 is 1.00 bits per heavy atom. The van der Waals surface area contributed by atoms with Crippen LogP contribution in [-0.4, -0.2) is 28.4 Å². The minimum absolute atomic E-state index is 0.0942. The number of imide groups is 1. The molecule has 0 bridgehead atoms. The summed E-state index contributed by atoms with van der Waals surface area (Å²) in [5.74, 6) is -5.09. The van der Waals surface area contributed by atoms with Gasteiger partial charge in [0.1, 0.15) is 5.70 Å². The van der Waals surface area contributed by atoms with Gasteiger partial charge in [-0.15, -0.1) is 0 Å². The molecule has 10 heteroatoms. The van der Waals surface area contributed by atoms with Gasteiger partial charge < -0.3 is 10.4 Å². The Balaban J connectivity index is 1.65. The number of carbonyl (C=O) groups excluding carboxylic acids is 2. The van der Waals surface area contributed by atoms with Gasteiger partial charge in [0.2, 0.25) is 0 Å². The van der Waals surface area contributed by atoms with Crippen molar-refractivity contribution in [3.63, 3.8) is 0 Å². The third-order valence-corrected chi connectivity index (χ3v) is 4.21. The summed E-state index contributed by atoms with van der Waals surface area (Å²) >= 11 is 0. The summed E-state index contributed by atoms with van der Waals surface area (Å²) < 4.78 is 64.5. The van der Waals surface area contributed by atoms with Crippen molar-refractivity contribution in [1.82, 2.24) is 4.90 Å². The third kappa shape index (κ3) is 4.36. The Morgan fingerprint density at radius 3 is 2.14 bits per heavy atom. The van der Waals surface area contributed by atoms with Gasteiger partial charge in [-0.1, -0.05) is 12.1 Å². The van der Waals surface area contributed by atoms with Gasteiger partial charge in [0, 0.05) is 30.4 Å². The molecular formula is C19H13F5N2O3. The highest BCUT2D eigenvalue weighted by Gasteiger charge is 2.32. The van der Waals surface area contributed by atoms with Crippen LogP contribution in [0.1, 0.15) is 11.1 Å². The summed E-state index contributed by atoms with van der Waals surface area (Å²) in [5.41, 5.74) is -0.736. The van der Waals surface area contributed by atoms with E-state index in [1.54, 1.807) is 0 Å². The second kappa shape index (κ2) is 7.53. The molecule has 152 valence electrons. The molecule has 29 heavy (non-hydrogen) atoms. The van der Waals surface area contributed by atoms with Crippen LogP contribution in [-0.2, 0) is 22.2 Å². The number of phenols is 1. The molecule has 3 rings (SSSR count). The van der Waals surface area contributed by atoms with Gasteiger partial charge in [-0.05, 0) is 24.1 Å². The average Bonchev–Trinajstić information content (AvgIpc) is 2.90. The predicted molar refractivity (Wildman–Crippen MR) is 91.6 cm³/mol. The zero-order chi connectivity index (χ0) is 21.3. The molecule has 0 saturated carbocycles. The van der Waals surface area contributed by atoms with Crippen molar-refractivity contribution < 1.29 is 36.6 Å². The molecule has 0 atom stereocenters. The number of amides is 2. The van der Waals surface area contributed by atoms with E-state index in [1.807, 2.05) is 0 Å². The van der Waals surface area contributed by atoms with Crippen molar-refractivity contribution in [3.8, 4) is 5.75 Å². The molecule has 2 aromatic carbocycles. The molecule has 2 N–H and O–H groups in total. The molecule has 0 unspecified atom stereocenters. The number of aromatic hydroxyl groups is 1. The fourth-order valence-corrected chi connectivity index (χ4v) is 2.70. The summed E-state index contributed by atoms with van der Waals surface area (Å²) in [6.45, 7) is -0.0942. The third-order valence-electron chi connectivity index (χ3n) is 4.21. The van der Waals surface area contributed by atoms with Crippen LogP contribution in [0.5, 0.6) is 5.75 Å². The van der Waals surface area contributed by atoms with Crippen LogP contribution < -0.4 is 5.32 Å². The van der Waals surface area contributed by atoms with Crippen LogP contribution in [0.3, 0.4) is 0 Å². The first-order valence-corrected chi connectivity index (χ1v) is 8.25. The van der Waals surface area contributed by atoms with Crippen molar-refractivity contribution in [3.05, 3.63) is 70.9 Å². The highest BCUT2D eigenvalue weighted by Crippen LogP contribution is 2.29. The van der Waals surface area contributed by atoms with Crippen molar-refractivity contribution in [2.24, 2.45) is 0 Å². The van der Waals surface area contributed by atoms with Crippen LogP contribution in [0.2, 0.25) is 0 Å². The van der Waals surface area contributed by atoms with Crippen molar-refractivity contribution in [2.75, 3.05) is 11.9 Å². The first-order valence-electron chi connectivity index (χ1n) is 8.25. The van der Waals surface area contributed by atoms with E-state index in [1.165, 1.54) is 12.1 Å². The molecular weight excluding hydrogens is 399 g/mol. The Labute approximate surface area is 161 Å². The smallest absolute Gasteiger partial charge is 0.416 e. The lowest BCUT2D eigenvalue weighted by Crippen LogP contribution is -2.33. The molecule has 0 aliphatic carbocycles. The number of phenolic OH excluding ortho intramolecular Hbond substituents is 1. The van der Waals surface area contributed by atoms with Crippen LogP contribution in [0.4, 0.5) is 27.6 Å². The fraction of sp³-hybridized carbons (Fsp3) is 0.158. The maximum absolute atomic E-state index is 13.4. The maximum atomic E-state index is 13.4. The normalized spacial score (nSPS) is 14.4. The fourth-order valence-electron chi connectivity index (χ4n) is 2.70. The van der Waals surface area contributed by atoms with Gasteiger partial charge in [0.15, 0.2) is 17.4 Å². The molecule has 1 aliphatic heterocycles. The number of hydrogen-bond acceptors (Lipinski definition) is 4. The molecule has 2 aromatic rings. The van der Waals surface area contributed by atoms with Crippen LogP contribution in [0, 0.1) is 11.6 Å². The van der Waals surface area contributed by atoms with Gasteiger partial charge in [0.25, 0.3) is 11.8 Å². The second-order valence-electron chi connectivity index (χ2n) is 6.21. The van der Waals surface area contributed by atoms with Gasteiger partial charge in [-0.2, -0.15) is 13.2 Å². The van der Waals surface area contributed by atoms with E-state index in [0.717, 1.165) is 35.2 Å². The molecule has 0 aromatic heterocycles. The van der Waals surface area contributed by atoms with E-state index in [4.69, 9.17) is 5.11 Å². The standard InChI is InChI=1S/C19H13F5N2O3/c20-13-7-12(8-14(21)17(13)28)25-15-9-16(27)26(18(15)29)6-5-10-1-3-11(4-2-10)19(22,23)24/h1-4,7-9,25,28H,5-6H2. The lowest BCUT2D eigenvalue weighted by Gasteiger charge is -2.15. The molecule has 1 aliphatic rings. The van der Waals surface area contributed by atoms with Gasteiger partial charge in [-0.3, -0.25) is 14.5 Å². The summed E-state index contributed by atoms with van der Waals surface area (Å²) in [4.78, 5) is 25.2. The molecule has 1 heterocycles. The Bertz CT molecular complexity index is 977. The number of rotatable bonds is 5. The Hall–Kier alpha value is -3.43. The minimum Gasteiger partial charge on any atom is -0.503 e. The van der Waals surface area contributed by atoms with Crippen LogP contribution >= 0.6 is 0 Å². The number of nitrogens with one attached hydrogen (secondary N) is 1. The topological polar surface area (TPSA) is 69.6 Å². The first-order chi connectivity index (χ1) is 13.6. The number of anilines is 1. The number of alkyl halides is 3. The molecule has 0 fully saturated rings. The molecule has 0 saturated heterocycles. The summed E-state index contributed by atoms with van der Waals surface area (Å²) in [6, 6.07) is 5.82. The van der Waals surface area contributed by atoms with Gasteiger partial charge in [0.05, 0.1) is 5.56 Å². The largest absolute Gasteiger partial charge is 0.503 e. The lowest BCUT2D eigenvalue weighted by molar-refractivity contribution is -0.138. The molecule has 5 nitrogen and oxygen atoms in total. The van der Waals surface area contributed by atoms with Gasteiger partial charge in [-0.25, -0.2) is 8.78 Å². The van der Waals surface area contributed by atoms with Crippen molar-refractivity contribution >= 4 is 17.5 Å². The molecule has 0 spiro atoms. The lowest BCUT2D eigenvalue weighted by atomic mass is 10.1. The van der Waals surface area contributed by atoms with Crippen LogP contribution in [0.15, 0.2) is 48.2 Å². The zero-order valence-corrected chi connectivity index (χ0v) is 14.6. The number of halogens is 5.